The van der Waals surface area contributed by atoms with Crippen LogP contribution in [0, 0.1) is 5.92 Å². The van der Waals surface area contributed by atoms with Crippen molar-refractivity contribution in [2.75, 3.05) is 11.5 Å². The molecule has 1 saturated carbocycles. The number of carbonyl (C=O) groups is 2. The standard InChI is InChI=1S/C22H34N2O6S/c1-5-31(27,28)15-17-13-18(23-21(26)30-22(2,3)4)11-12-19(17)24-20(25)29-14-16-9-7-6-8-10-16/h6-10,17-19H,5,11-15H2,1-4H3,(H,23,26)(H,24,25)/t17-,18-,19+/m1/s1. The molecule has 9 heteroatoms. The van der Waals surface area contributed by atoms with Gasteiger partial charge < -0.3 is 20.1 Å². The molecule has 1 aliphatic rings. The second-order valence-electron chi connectivity index (χ2n) is 8.93. The van der Waals surface area contributed by atoms with Gasteiger partial charge in [0.1, 0.15) is 22.0 Å². The van der Waals surface area contributed by atoms with Crippen molar-refractivity contribution in [3.05, 3.63) is 35.9 Å². The minimum Gasteiger partial charge on any atom is -0.445 e. The Morgan fingerprint density at radius 1 is 1.06 bits per heavy atom. The fourth-order valence-electron chi connectivity index (χ4n) is 3.60. The predicted octanol–water partition coefficient (Wildman–Crippen LogP) is 3.41. The Bertz CT molecular complexity index is 835. The molecule has 0 unspecified atom stereocenters. The largest absolute Gasteiger partial charge is 0.445 e. The lowest BCUT2D eigenvalue weighted by Gasteiger charge is -2.36. The summed E-state index contributed by atoms with van der Waals surface area (Å²) in [4.78, 5) is 24.4. The maximum absolute atomic E-state index is 12.3. The van der Waals surface area contributed by atoms with Crippen molar-refractivity contribution in [1.29, 1.82) is 0 Å². The van der Waals surface area contributed by atoms with Crippen LogP contribution in [0.1, 0.15) is 52.5 Å². The minimum absolute atomic E-state index is 0.0266. The Kier molecular flexibility index (Phi) is 8.73. The molecule has 174 valence electrons. The summed E-state index contributed by atoms with van der Waals surface area (Å²) in [5.74, 6) is -0.360. The molecule has 2 N–H and O–H groups in total. The molecule has 0 aliphatic heterocycles. The van der Waals surface area contributed by atoms with E-state index in [4.69, 9.17) is 9.47 Å². The Morgan fingerprint density at radius 3 is 2.35 bits per heavy atom. The number of sulfone groups is 1. The van der Waals surface area contributed by atoms with Gasteiger partial charge in [0.15, 0.2) is 0 Å². The molecule has 0 bridgehead atoms. The first-order valence-corrected chi connectivity index (χ1v) is 12.5. The zero-order chi connectivity index (χ0) is 23.1. The average molecular weight is 455 g/mol. The Balaban J connectivity index is 1.97. The number of alkyl carbamates (subject to hydrolysis) is 2. The van der Waals surface area contributed by atoms with Crippen molar-refractivity contribution in [2.24, 2.45) is 5.92 Å². The third kappa shape index (κ3) is 9.16. The number of hydrogen-bond acceptors (Lipinski definition) is 6. The Labute approximate surface area is 185 Å². The number of carbonyl (C=O) groups excluding carboxylic acids is 2. The number of ether oxygens (including phenoxy) is 2. The molecule has 1 aromatic carbocycles. The molecule has 3 atom stereocenters. The first kappa shape index (κ1) is 25.0. The molecule has 8 nitrogen and oxygen atoms in total. The molecule has 31 heavy (non-hydrogen) atoms. The van der Waals surface area contributed by atoms with Crippen molar-refractivity contribution in [2.45, 2.75) is 71.2 Å². The van der Waals surface area contributed by atoms with Gasteiger partial charge in [-0.15, -0.1) is 0 Å². The highest BCUT2D eigenvalue weighted by molar-refractivity contribution is 7.91. The van der Waals surface area contributed by atoms with E-state index in [9.17, 15) is 18.0 Å². The molecule has 1 fully saturated rings. The summed E-state index contributed by atoms with van der Waals surface area (Å²) in [6.45, 7) is 7.09. The number of nitrogens with one attached hydrogen (secondary N) is 2. The molecule has 1 aliphatic carbocycles. The van der Waals surface area contributed by atoms with E-state index in [1.165, 1.54) is 0 Å². The predicted molar refractivity (Wildman–Crippen MR) is 118 cm³/mol. The van der Waals surface area contributed by atoms with Gasteiger partial charge in [0.2, 0.25) is 0 Å². The first-order chi connectivity index (χ1) is 14.5. The first-order valence-electron chi connectivity index (χ1n) is 10.6. The van der Waals surface area contributed by atoms with Crippen molar-refractivity contribution in [3.8, 4) is 0 Å². The van der Waals surface area contributed by atoms with Crippen LogP contribution in [-0.2, 0) is 25.9 Å². The van der Waals surface area contributed by atoms with Gasteiger partial charge in [-0.1, -0.05) is 37.3 Å². The normalized spacial score (nSPS) is 21.7. The van der Waals surface area contributed by atoms with E-state index in [0.717, 1.165) is 5.56 Å². The summed E-state index contributed by atoms with van der Waals surface area (Å²) in [5.41, 5.74) is 0.254. The fourth-order valence-corrected chi connectivity index (χ4v) is 4.86. The highest BCUT2D eigenvalue weighted by Crippen LogP contribution is 2.27. The molecular formula is C22H34N2O6S. The van der Waals surface area contributed by atoms with Gasteiger partial charge in [-0.2, -0.15) is 0 Å². The molecule has 2 rings (SSSR count). The SMILES string of the molecule is CCS(=O)(=O)C[C@H]1C[C@H](NC(=O)OC(C)(C)C)CC[C@@H]1NC(=O)OCc1ccccc1. The van der Waals surface area contributed by atoms with Crippen molar-refractivity contribution < 1.29 is 27.5 Å². The lowest BCUT2D eigenvalue weighted by atomic mass is 9.82. The Hall–Kier alpha value is -2.29. The van der Waals surface area contributed by atoms with E-state index >= 15 is 0 Å². The third-order valence-corrected chi connectivity index (χ3v) is 6.94. The summed E-state index contributed by atoms with van der Waals surface area (Å²) in [6.07, 6.45) is 0.466. The van der Waals surface area contributed by atoms with Crippen LogP contribution in [0.5, 0.6) is 0 Å². The second kappa shape index (κ2) is 10.8. The van der Waals surface area contributed by atoms with E-state index in [1.807, 2.05) is 30.3 Å². The molecule has 2 amide bonds. The van der Waals surface area contributed by atoms with Gasteiger partial charge in [0.05, 0.1) is 5.75 Å². The van der Waals surface area contributed by atoms with Crippen LogP contribution in [-0.4, -0.2) is 49.8 Å². The van der Waals surface area contributed by atoms with Crippen LogP contribution in [0.4, 0.5) is 9.59 Å². The maximum atomic E-state index is 12.3. The molecule has 1 aromatic rings. The summed E-state index contributed by atoms with van der Waals surface area (Å²) in [5, 5.41) is 5.66. The van der Waals surface area contributed by atoms with Crippen LogP contribution in [0.15, 0.2) is 30.3 Å². The highest BCUT2D eigenvalue weighted by atomic mass is 32.2. The molecule has 0 aromatic heterocycles. The molecule has 0 saturated heterocycles. The second-order valence-corrected chi connectivity index (χ2v) is 11.3. The molecule has 0 radical (unpaired) electrons. The summed E-state index contributed by atoms with van der Waals surface area (Å²) < 4.78 is 35.1. The van der Waals surface area contributed by atoms with Gasteiger partial charge >= 0.3 is 12.2 Å². The maximum Gasteiger partial charge on any atom is 0.407 e. The van der Waals surface area contributed by atoms with E-state index in [0.29, 0.717) is 19.3 Å². The molecule has 0 spiro atoms. The van der Waals surface area contributed by atoms with Crippen LogP contribution in [0.3, 0.4) is 0 Å². The molecule has 0 heterocycles. The third-order valence-electron chi connectivity index (χ3n) is 5.13. The van der Waals surface area contributed by atoms with Crippen molar-refractivity contribution >= 4 is 22.0 Å². The number of rotatable bonds is 7. The van der Waals surface area contributed by atoms with E-state index in [-0.39, 0.29) is 36.1 Å². The minimum atomic E-state index is -3.26. The lowest BCUT2D eigenvalue weighted by molar-refractivity contribution is 0.0477. The van der Waals surface area contributed by atoms with Crippen LogP contribution < -0.4 is 10.6 Å². The van der Waals surface area contributed by atoms with Crippen LogP contribution >= 0.6 is 0 Å². The fraction of sp³-hybridized carbons (Fsp3) is 0.636. The van der Waals surface area contributed by atoms with Crippen molar-refractivity contribution in [3.63, 3.8) is 0 Å². The zero-order valence-electron chi connectivity index (χ0n) is 18.7. The zero-order valence-corrected chi connectivity index (χ0v) is 19.5. The lowest BCUT2D eigenvalue weighted by Crippen LogP contribution is -2.51. The number of amides is 2. The molecular weight excluding hydrogens is 420 g/mol. The van der Waals surface area contributed by atoms with E-state index in [2.05, 4.69) is 10.6 Å². The number of benzene rings is 1. The Morgan fingerprint density at radius 2 is 1.74 bits per heavy atom. The summed E-state index contributed by atoms with van der Waals surface area (Å²) in [6, 6.07) is 8.76. The van der Waals surface area contributed by atoms with Gasteiger partial charge in [-0.3, -0.25) is 0 Å². The van der Waals surface area contributed by atoms with Gasteiger partial charge in [-0.05, 0) is 51.5 Å². The van der Waals surface area contributed by atoms with Crippen LogP contribution in [0.2, 0.25) is 0 Å². The van der Waals surface area contributed by atoms with Crippen LogP contribution in [0.25, 0.3) is 0 Å². The van der Waals surface area contributed by atoms with Gasteiger partial charge in [-0.25, -0.2) is 18.0 Å². The van der Waals surface area contributed by atoms with Gasteiger partial charge in [0, 0.05) is 17.8 Å². The number of hydrogen-bond donors (Lipinski definition) is 2. The van der Waals surface area contributed by atoms with Gasteiger partial charge in [0.25, 0.3) is 0 Å². The monoisotopic (exact) mass is 454 g/mol. The van der Waals surface area contributed by atoms with Crippen molar-refractivity contribution in [1.82, 2.24) is 10.6 Å². The van der Waals surface area contributed by atoms with E-state index in [1.54, 1.807) is 27.7 Å². The van der Waals surface area contributed by atoms with E-state index < -0.39 is 27.6 Å². The average Bonchev–Trinajstić information content (AvgIpc) is 2.67. The smallest absolute Gasteiger partial charge is 0.407 e. The summed E-state index contributed by atoms with van der Waals surface area (Å²) >= 11 is 0. The quantitative estimate of drug-likeness (QED) is 0.653. The summed E-state index contributed by atoms with van der Waals surface area (Å²) in [7, 11) is -3.26. The topological polar surface area (TPSA) is 111 Å². The highest BCUT2D eigenvalue weighted by Gasteiger charge is 2.35.